The molecule has 1 aromatic rings. The number of ether oxygens (including phenoxy) is 1. The van der Waals surface area contributed by atoms with Gasteiger partial charge in [-0.05, 0) is 24.1 Å². The van der Waals surface area contributed by atoms with Crippen LogP contribution in [-0.4, -0.2) is 32.1 Å². The quantitative estimate of drug-likeness (QED) is 0.767. The van der Waals surface area contributed by atoms with Crippen LogP contribution in [0, 0.1) is 5.92 Å². The van der Waals surface area contributed by atoms with Gasteiger partial charge in [0.15, 0.2) is 0 Å². The third-order valence-electron chi connectivity index (χ3n) is 2.44. The van der Waals surface area contributed by atoms with Gasteiger partial charge < -0.3 is 15.4 Å². The van der Waals surface area contributed by atoms with Crippen molar-refractivity contribution in [3.05, 3.63) is 29.8 Å². The van der Waals surface area contributed by atoms with Gasteiger partial charge in [-0.25, -0.2) is 4.79 Å². The normalized spacial score (nSPS) is 10.1. The first-order valence-corrected chi connectivity index (χ1v) is 6.22. The van der Waals surface area contributed by atoms with Crippen molar-refractivity contribution in [3.8, 4) is 0 Å². The number of esters is 1. The van der Waals surface area contributed by atoms with Crippen LogP contribution in [-0.2, 0) is 9.53 Å². The van der Waals surface area contributed by atoms with Crippen molar-refractivity contribution >= 4 is 17.6 Å². The molecule has 0 bridgehead atoms. The molecule has 0 aliphatic carbocycles. The highest BCUT2D eigenvalue weighted by molar-refractivity contribution is 5.90. The highest BCUT2D eigenvalue weighted by Crippen LogP contribution is 2.11. The van der Waals surface area contributed by atoms with Crippen LogP contribution in [0.5, 0.6) is 0 Å². The lowest BCUT2D eigenvalue weighted by Gasteiger charge is -2.10. The summed E-state index contributed by atoms with van der Waals surface area (Å²) in [6.07, 6.45) is 0. The molecule has 0 aliphatic rings. The highest BCUT2D eigenvalue weighted by Gasteiger charge is 2.06. The third kappa shape index (κ3) is 5.42. The summed E-state index contributed by atoms with van der Waals surface area (Å²) in [7, 11) is 1.34. The Kier molecular flexibility index (Phi) is 5.85. The van der Waals surface area contributed by atoms with Crippen LogP contribution in [0.15, 0.2) is 24.3 Å². The minimum absolute atomic E-state index is 0.0721. The number of methoxy groups -OCH3 is 1. The summed E-state index contributed by atoms with van der Waals surface area (Å²) in [6, 6.07) is 6.85. The molecule has 0 saturated carbocycles. The second-order valence-electron chi connectivity index (χ2n) is 4.62. The Morgan fingerprint density at radius 2 is 2.05 bits per heavy atom. The smallest absolute Gasteiger partial charge is 0.337 e. The van der Waals surface area contributed by atoms with Crippen molar-refractivity contribution in [3.63, 3.8) is 0 Å². The summed E-state index contributed by atoms with van der Waals surface area (Å²) >= 11 is 0. The van der Waals surface area contributed by atoms with E-state index in [9.17, 15) is 9.59 Å². The molecule has 0 aliphatic heterocycles. The first kappa shape index (κ1) is 15.0. The van der Waals surface area contributed by atoms with Crippen molar-refractivity contribution in [1.82, 2.24) is 5.32 Å². The fraction of sp³-hybridized carbons (Fsp3) is 0.429. The maximum atomic E-state index is 11.5. The molecular weight excluding hydrogens is 244 g/mol. The van der Waals surface area contributed by atoms with Crippen LogP contribution in [0.3, 0.4) is 0 Å². The Hall–Kier alpha value is -2.04. The maximum absolute atomic E-state index is 11.5. The molecule has 0 unspecified atom stereocenters. The molecule has 5 nitrogen and oxygen atoms in total. The van der Waals surface area contributed by atoms with E-state index >= 15 is 0 Å². The van der Waals surface area contributed by atoms with Crippen LogP contribution in [0.2, 0.25) is 0 Å². The lowest BCUT2D eigenvalue weighted by molar-refractivity contribution is -0.119. The van der Waals surface area contributed by atoms with E-state index in [1.165, 1.54) is 7.11 Å². The molecule has 1 rings (SSSR count). The van der Waals surface area contributed by atoms with E-state index in [0.29, 0.717) is 23.7 Å². The SMILES string of the molecule is COC(=O)c1cccc(NCC(=O)NCC(C)C)c1. The number of anilines is 1. The van der Waals surface area contributed by atoms with Gasteiger partial charge in [0.2, 0.25) is 5.91 Å². The van der Waals surface area contributed by atoms with Crippen molar-refractivity contribution in [1.29, 1.82) is 0 Å². The van der Waals surface area contributed by atoms with Crippen molar-refractivity contribution < 1.29 is 14.3 Å². The van der Waals surface area contributed by atoms with Crippen molar-refractivity contribution in [2.45, 2.75) is 13.8 Å². The number of carbonyl (C=O) groups excluding carboxylic acids is 2. The Morgan fingerprint density at radius 1 is 1.32 bits per heavy atom. The molecule has 0 heterocycles. The Bertz CT molecular complexity index is 444. The summed E-state index contributed by atoms with van der Waals surface area (Å²) in [5, 5.41) is 5.78. The number of nitrogens with one attached hydrogen (secondary N) is 2. The number of hydrogen-bond acceptors (Lipinski definition) is 4. The van der Waals surface area contributed by atoms with E-state index in [1.54, 1.807) is 24.3 Å². The predicted octanol–water partition coefficient (Wildman–Crippen LogP) is 1.66. The molecule has 2 N–H and O–H groups in total. The monoisotopic (exact) mass is 264 g/mol. The summed E-state index contributed by atoms with van der Waals surface area (Å²) in [5.41, 5.74) is 1.16. The second kappa shape index (κ2) is 7.41. The van der Waals surface area contributed by atoms with Crippen molar-refractivity contribution in [2.24, 2.45) is 5.92 Å². The zero-order valence-corrected chi connectivity index (χ0v) is 11.5. The molecule has 0 fully saturated rings. The van der Waals surface area contributed by atoms with Gasteiger partial charge in [0, 0.05) is 12.2 Å². The largest absolute Gasteiger partial charge is 0.465 e. The van der Waals surface area contributed by atoms with E-state index in [4.69, 9.17) is 0 Å². The standard InChI is InChI=1S/C14H20N2O3/c1-10(2)8-16-13(17)9-15-12-6-4-5-11(7-12)14(18)19-3/h4-7,10,15H,8-9H2,1-3H3,(H,16,17). The average Bonchev–Trinajstić information content (AvgIpc) is 2.42. The lowest BCUT2D eigenvalue weighted by Crippen LogP contribution is -2.32. The van der Waals surface area contributed by atoms with Crippen LogP contribution in [0.25, 0.3) is 0 Å². The van der Waals surface area contributed by atoms with Crippen LogP contribution in [0.4, 0.5) is 5.69 Å². The molecule has 104 valence electrons. The van der Waals surface area contributed by atoms with E-state index < -0.39 is 5.97 Å². The first-order chi connectivity index (χ1) is 9.02. The minimum Gasteiger partial charge on any atom is -0.465 e. The average molecular weight is 264 g/mol. The topological polar surface area (TPSA) is 67.4 Å². The van der Waals surface area contributed by atoms with E-state index in [-0.39, 0.29) is 12.5 Å². The van der Waals surface area contributed by atoms with Crippen LogP contribution >= 0.6 is 0 Å². The molecule has 0 spiro atoms. The number of hydrogen-bond donors (Lipinski definition) is 2. The Morgan fingerprint density at radius 3 is 2.68 bits per heavy atom. The van der Waals surface area contributed by atoms with Crippen LogP contribution in [0.1, 0.15) is 24.2 Å². The summed E-state index contributed by atoms with van der Waals surface area (Å²) in [5.74, 6) is -0.0447. The number of carbonyl (C=O) groups is 2. The van der Waals surface area contributed by atoms with E-state index in [1.807, 2.05) is 13.8 Å². The Balaban J connectivity index is 2.49. The van der Waals surface area contributed by atoms with Gasteiger partial charge >= 0.3 is 5.97 Å². The van der Waals surface area contributed by atoms with E-state index in [0.717, 1.165) is 0 Å². The molecule has 19 heavy (non-hydrogen) atoms. The van der Waals surface area contributed by atoms with Gasteiger partial charge in [-0.3, -0.25) is 4.79 Å². The fourth-order valence-electron chi connectivity index (χ4n) is 1.44. The summed E-state index contributed by atoms with van der Waals surface area (Å²) < 4.78 is 4.64. The first-order valence-electron chi connectivity index (χ1n) is 6.22. The zero-order chi connectivity index (χ0) is 14.3. The molecular formula is C14H20N2O3. The predicted molar refractivity (Wildman–Crippen MR) is 74.1 cm³/mol. The minimum atomic E-state index is -0.395. The van der Waals surface area contributed by atoms with Gasteiger partial charge in [0.1, 0.15) is 0 Å². The molecule has 0 saturated heterocycles. The molecule has 0 atom stereocenters. The molecule has 1 aromatic carbocycles. The molecule has 1 amide bonds. The van der Waals surface area contributed by atoms with Gasteiger partial charge in [0.25, 0.3) is 0 Å². The maximum Gasteiger partial charge on any atom is 0.337 e. The number of amides is 1. The summed E-state index contributed by atoms with van der Waals surface area (Å²) in [6.45, 7) is 4.90. The van der Waals surface area contributed by atoms with Gasteiger partial charge in [-0.1, -0.05) is 19.9 Å². The van der Waals surface area contributed by atoms with Gasteiger partial charge in [-0.2, -0.15) is 0 Å². The third-order valence-corrected chi connectivity index (χ3v) is 2.44. The van der Waals surface area contributed by atoms with Crippen LogP contribution < -0.4 is 10.6 Å². The molecule has 0 aromatic heterocycles. The summed E-state index contributed by atoms with van der Waals surface area (Å²) in [4.78, 5) is 22.9. The number of rotatable bonds is 6. The van der Waals surface area contributed by atoms with Gasteiger partial charge in [-0.15, -0.1) is 0 Å². The highest BCUT2D eigenvalue weighted by atomic mass is 16.5. The van der Waals surface area contributed by atoms with Gasteiger partial charge in [0.05, 0.1) is 19.2 Å². The lowest BCUT2D eigenvalue weighted by atomic mass is 10.2. The van der Waals surface area contributed by atoms with Crippen molar-refractivity contribution in [2.75, 3.05) is 25.5 Å². The zero-order valence-electron chi connectivity index (χ0n) is 11.5. The number of benzene rings is 1. The fourth-order valence-corrected chi connectivity index (χ4v) is 1.44. The second-order valence-corrected chi connectivity index (χ2v) is 4.62. The molecule has 5 heteroatoms. The Labute approximate surface area is 113 Å². The molecule has 0 radical (unpaired) electrons. The van der Waals surface area contributed by atoms with E-state index in [2.05, 4.69) is 15.4 Å².